The van der Waals surface area contributed by atoms with Gasteiger partial charge in [-0.1, -0.05) is 6.07 Å². The van der Waals surface area contributed by atoms with Gasteiger partial charge in [-0.15, -0.1) is 0 Å². The first-order chi connectivity index (χ1) is 9.52. The Morgan fingerprint density at radius 1 is 1.45 bits per heavy atom. The van der Waals surface area contributed by atoms with E-state index in [-0.39, 0.29) is 11.9 Å². The summed E-state index contributed by atoms with van der Waals surface area (Å²) >= 11 is 0. The van der Waals surface area contributed by atoms with Crippen molar-refractivity contribution >= 4 is 5.69 Å². The number of anilines is 1. The zero-order chi connectivity index (χ0) is 14.7. The van der Waals surface area contributed by atoms with Crippen molar-refractivity contribution < 1.29 is 4.39 Å². The molecule has 20 heavy (non-hydrogen) atoms. The molecule has 0 radical (unpaired) electrons. The van der Waals surface area contributed by atoms with E-state index >= 15 is 0 Å². The third-order valence-corrected chi connectivity index (χ3v) is 4.17. The van der Waals surface area contributed by atoms with Crippen molar-refractivity contribution in [2.24, 2.45) is 0 Å². The van der Waals surface area contributed by atoms with Crippen LogP contribution in [0.4, 0.5) is 10.1 Å². The quantitative estimate of drug-likeness (QED) is 0.894. The number of hydrogen-bond acceptors (Lipinski definition) is 3. The Hall–Kier alpha value is -1.13. The van der Waals surface area contributed by atoms with E-state index in [1.54, 1.807) is 6.07 Å². The topological polar surface area (TPSA) is 18.5 Å². The first-order valence-corrected chi connectivity index (χ1v) is 7.41. The predicted molar refractivity (Wildman–Crippen MR) is 82.8 cm³/mol. The summed E-state index contributed by atoms with van der Waals surface area (Å²) in [5, 5.41) is 3.15. The Morgan fingerprint density at radius 3 is 2.80 bits per heavy atom. The molecule has 1 aliphatic heterocycles. The van der Waals surface area contributed by atoms with E-state index in [0.29, 0.717) is 6.04 Å². The maximum Gasteiger partial charge on any atom is 0.146 e. The molecule has 1 heterocycles. The zero-order valence-electron chi connectivity index (χ0n) is 13.0. The first-order valence-electron chi connectivity index (χ1n) is 7.41. The standard InChI is InChI=1S/C16H26FN3/c1-12(18-2)13-7-8-16(15(17)10-13)20-9-5-6-14(20)11-19(3)4/h7-8,10,12,14,18H,5-6,9,11H2,1-4H3. The lowest BCUT2D eigenvalue weighted by atomic mass is 10.1. The molecule has 1 aromatic carbocycles. The van der Waals surface area contributed by atoms with Gasteiger partial charge in [0.1, 0.15) is 5.82 Å². The van der Waals surface area contributed by atoms with E-state index in [4.69, 9.17) is 0 Å². The van der Waals surface area contributed by atoms with Gasteiger partial charge in [-0.2, -0.15) is 0 Å². The Morgan fingerprint density at radius 2 is 2.20 bits per heavy atom. The van der Waals surface area contributed by atoms with Gasteiger partial charge in [0, 0.05) is 25.2 Å². The third kappa shape index (κ3) is 3.30. The van der Waals surface area contributed by atoms with Crippen molar-refractivity contribution in [3.8, 4) is 0 Å². The number of benzene rings is 1. The smallest absolute Gasteiger partial charge is 0.146 e. The fraction of sp³-hybridized carbons (Fsp3) is 0.625. The number of nitrogens with zero attached hydrogens (tertiary/aromatic N) is 2. The Kier molecular flexibility index (Phi) is 5.00. The fourth-order valence-electron chi connectivity index (χ4n) is 2.96. The molecule has 0 spiro atoms. The second-order valence-corrected chi connectivity index (χ2v) is 5.97. The van der Waals surface area contributed by atoms with Gasteiger partial charge in [0.2, 0.25) is 0 Å². The molecule has 0 aliphatic carbocycles. The van der Waals surface area contributed by atoms with Crippen molar-refractivity contribution in [3.05, 3.63) is 29.6 Å². The lowest BCUT2D eigenvalue weighted by Gasteiger charge is -2.29. The van der Waals surface area contributed by atoms with Gasteiger partial charge >= 0.3 is 0 Å². The van der Waals surface area contributed by atoms with E-state index in [9.17, 15) is 4.39 Å². The average molecular weight is 279 g/mol. The van der Waals surface area contributed by atoms with Gasteiger partial charge in [0.05, 0.1) is 5.69 Å². The van der Waals surface area contributed by atoms with Crippen molar-refractivity contribution in [2.45, 2.75) is 31.8 Å². The lowest BCUT2D eigenvalue weighted by Crippen LogP contribution is -2.38. The maximum atomic E-state index is 14.4. The number of rotatable bonds is 5. The summed E-state index contributed by atoms with van der Waals surface area (Å²) in [6.07, 6.45) is 2.29. The SMILES string of the molecule is CNC(C)c1ccc(N2CCCC2CN(C)C)c(F)c1. The molecule has 1 aliphatic rings. The van der Waals surface area contributed by atoms with Gasteiger partial charge < -0.3 is 15.1 Å². The summed E-state index contributed by atoms with van der Waals surface area (Å²) in [7, 11) is 6.04. The highest BCUT2D eigenvalue weighted by atomic mass is 19.1. The summed E-state index contributed by atoms with van der Waals surface area (Å²) in [6, 6.07) is 6.24. The number of hydrogen-bond donors (Lipinski definition) is 1. The summed E-state index contributed by atoms with van der Waals surface area (Å²) in [4.78, 5) is 4.40. The Labute approximate surface area is 121 Å². The van der Waals surface area contributed by atoms with Crippen LogP contribution in [0.3, 0.4) is 0 Å². The second-order valence-electron chi connectivity index (χ2n) is 5.97. The van der Waals surface area contributed by atoms with Gasteiger partial charge in [-0.05, 0) is 58.6 Å². The van der Waals surface area contributed by atoms with E-state index in [2.05, 4.69) is 29.2 Å². The third-order valence-electron chi connectivity index (χ3n) is 4.17. The van der Waals surface area contributed by atoms with Crippen LogP contribution in [0.15, 0.2) is 18.2 Å². The number of nitrogens with one attached hydrogen (secondary N) is 1. The van der Waals surface area contributed by atoms with Crippen molar-refractivity contribution in [1.82, 2.24) is 10.2 Å². The highest BCUT2D eigenvalue weighted by Gasteiger charge is 2.27. The first kappa shape index (κ1) is 15.3. The molecule has 1 aromatic rings. The van der Waals surface area contributed by atoms with Crippen molar-refractivity contribution in [2.75, 3.05) is 39.1 Å². The Balaban J connectivity index is 2.19. The lowest BCUT2D eigenvalue weighted by molar-refractivity contribution is 0.371. The molecule has 2 atom stereocenters. The minimum atomic E-state index is -0.102. The minimum Gasteiger partial charge on any atom is -0.365 e. The van der Waals surface area contributed by atoms with Crippen LogP contribution in [-0.4, -0.2) is 45.2 Å². The summed E-state index contributed by atoms with van der Waals surface area (Å²) < 4.78 is 14.4. The van der Waals surface area contributed by atoms with Crippen LogP contribution >= 0.6 is 0 Å². The molecule has 0 saturated carbocycles. The molecule has 3 nitrogen and oxygen atoms in total. The Bertz CT molecular complexity index is 447. The molecular weight excluding hydrogens is 253 g/mol. The summed E-state index contributed by atoms with van der Waals surface area (Å²) in [6.45, 7) is 3.98. The van der Waals surface area contributed by atoms with Gasteiger partial charge in [-0.25, -0.2) is 4.39 Å². The van der Waals surface area contributed by atoms with Crippen LogP contribution in [0.1, 0.15) is 31.4 Å². The van der Waals surface area contributed by atoms with Crippen molar-refractivity contribution in [1.29, 1.82) is 0 Å². The highest BCUT2D eigenvalue weighted by Crippen LogP contribution is 2.30. The second kappa shape index (κ2) is 6.55. The fourth-order valence-corrected chi connectivity index (χ4v) is 2.96. The van der Waals surface area contributed by atoms with Crippen LogP contribution in [0, 0.1) is 5.82 Å². The van der Waals surface area contributed by atoms with E-state index < -0.39 is 0 Å². The maximum absolute atomic E-state index is 14.4. The van der Waals surface area contributed by atoms with Gasteiger partial charge in [-0.3, -0.25) is 0 Å². The van der Waals surface area contributed by atoms with E-state index in [1.807, 2.05) is 26.1 Å². The molecule has 2 rings (SSSR count). The monoisotopic (exact) mass is 279 g/mol. The van der Waals surface area contributed by atoms with E-state index in [0.717, 1.165) is 37.2 Å². The van der Waals surface area contributed by atoms with Crippen LogP contribution in [0.2, 0.25) is 0 Å². The minimum absolute atomic E-state index is 0.102. The van der Waals surface area contributed by atoms with Crippen LogP contribution in [-0.2, 0) is 0 Å². The number of likely N-dealkylation sites (N-methyl/N-ethyl adjacent to an activating group) is 1. The van der Waals surface area contributed by atoms with Crippen molar-refractivity contribution in [3.63, 3.8) is 0 Å². The zero-order valence-corrected chi connectivity index (χ0v) is 13.0. The average Bonchev–Trinajstić information content (AvgIpc) is 2.84. The van der Waals surface area contributed by atoms with Crippen LogP contribution in [0.25, 0.3) is 0 Å². The summed E-state index contributed by atoms with van der Waals surface area (Å²) in [5.74, 6) is -0.102. The molecule has 0 aromatic heterocycles. The predicted octanol–water partition coefficient (Wildman–Crippen LogP) is 2.64. The van der Waals surface area contributed by atoms with E-state index in [1.165, 1.54) is 0 Å². The van der Waals surface area contributed by atoms with Gasteiger partial charge in [0.25, 0.3) is 0 Å². The molecule has 112 valence electrons. The normalized spacial score (nSPS) is 20.7. The molecular formula is C16H26FN3. The molecule has 0 amide bonds. The molecule has 1 N–H and O–H groups in total. The van der Waals surface area contributed by atoms with Crippen LogP contribution < -0.4 is 10.2 Å². The molecule has 2 unspecified atom stereocenters. The molecule has 4 heteroatoms. The largest absolute Gasteiger partial charge is 0.365 e. The molecule has 1 saturated heterocycles. The summed E-state index contributed by atoms with van der Waals surface area (Å²) in [5.41, 5.74) is 1.75. The molecule has 0 bridgehead atoms. The molecule has 1 fully saturated rings. The number of halogens is 1. The van der Waals surface area contributed by atoms with Gasteiger partial charge in [0.15, 0.2) is 0 Å². The van der Waals surface area contributed by atoms with Crippen LogP contribution in [0.5, 0.6) is 0 Å². The highest BCUT2D eigenvalue weighted by molar-refractivity contribution is 5.51.